The number of nitrogens with one attached hydrogen (secondary N) is 2. The van der Waals surface area contributed by atoms with Crippen LogP contribution in [0.4, 0.5) is 0 Å². The molecule has 6 nitrogen and oxygen atoms in total. The summed E-state index contributed by atoms with van der Waals surface area (Å²) in [5.74, 6) is 1.18. The number of methoxy groups -OCH3 is 1. The van der Waals surface area contributed by atoms with Gasteiger partial charge in [0.15, 0.2) is 11.5 Å². The molecule has 1 aliphatic rings. The highest BCUT2D eigenvalue weighted by molar-refractivity contribution is 6.32. The van der Waals surface area contributed by atoms with Gasteiger partial charge in [-0.15, -0.1) is 12.4 Å². The maximum absolute atomic E-state index is 12.4. The van der Waals surface area contributed by atoms with Gasteiger partial charge in [-0.25, -0.2) is 0 Å². The zero-order valence-corrected chi connectivity index (χ0v) is 17.9. The maximum Gasteiger partial charge on any atom is 0.251 e. The van der Waals surface area contributed by atoms with Crippen molar-refractivity contribution in [1.29, 1.82) is 0 Å². The molecule has 8 heteroatoms. The Morgan fingerprint density at radius 2 is 2.04 bits per heavy atom. The van der Waals surface area contributed by atoms with Crippen molar-refractivity contribution in [3.8, 4) is 11.5 Å². The number of ether oxygens (including phenoxy) is 2. The van der Waals surface area contributed by atoms with E-state index in [1.807, 2.05) is 0 Å². The van der Waals surface area contributed by atoms with E-state index in [9.17, 15) is 4.79 Å². The average molecular weight is 420 g/mol. The molecular formula is C19H31Cl2N3O3. The number of halogens is 2. The molecule has 1 aromatic carbocycles. The van der Waals surface area contributed by atoms with Crippen LogP contribution in [0, 0.1) is 5.92 Å². The van der Waals surface area contributed by atoms with E-state index >= 15 is 0 Å². The number of hydrogen-bond donors (Lipinski definition) is 2. The van der Waals surface area contributed by atoms with Crippen molar-refractivity contribution in [3.05, 3.63) is 22.7 Å². The normalized spacial score (nSPS) is 14.6. The van der Waals surface area contributed by atoms with Crippen LogP contribution >= 0.6 is 24.0 Å². The summed E-state index contributed by atoms with van der Waals surface area (Å²) >= 11 is 6.31. The summed E-state index contributed by atoms with van der Waals surface area (Å²) in [6.45, 7) is 10.5. The van der Waals surface area contributed by atoms with Gasteiger partial charge in [0.1, 0.15) is 0 Å². The van der Waals surface area contributed by atoms with E-state index in [4.69, 9.17) is 21.1 Å². The Labute approximate surface area is 173 Å². The summed E-state index contributed by atoms with van der Waals surface area (Å²) in [4.78, 5) is 14.8. The molecule has 0 atom stereocenters. The lowest BCUT2D eigenvalue weighted by atomic mass is 10.1. The summed E-state index contributed by atoms with van der Waals surface area (Å²) in [6.07, 6.45) is 0.923. The maximum atomic E-state index is 12.4. The Morgan fingerprint density at radius 1 is 1.33 bits per heavy atom. The summed E-state index contributed by atoms with van der Waals surface area (Å²) < 4.78 is 11.1. The van der Waals surface area contributed by atoms with Crippen molar-refractivity contribution in [2.24, 2.45) is 5.92 Å². The first-order valence-electron chi connectivity index (χ1n) is 9.23. The Balaban J connectivity index is 0.00000364. The molecule has 0 saturated carbocycles. The van der Waals surface area contributed by atoms with Gasteiger partial charge in [-0.1, -0.05) is 25.4 Å². The molecule has 0 radical (unpaired) electrons. The molecule has 1 aromatic rings. The second-order valence-electron chi connectivity index (χ2n) is 6.90. The largest absolute Gasteiger partial charge is 0.493 e. The second kappa shape index (κ2) is 12.3. The van der Waals surface area contributed by atoms with Crippen LogP contribution in [0.2, 0.25) is 5.02 Å². The minimum absolute atomic E-state index is 0. The number of rotatable bonds is 9. The van der Waals surface area contributed by atoms with Gasteiger partial charge in [0, 0.05) is 38.3 Å². The van der Waals surface area contributed by atoms with Crippen LogP contribution in [0.25, 0.3) is 0 Å². The van der Waals surface area contributed by atoms with Gasteiger partial charge in [-0.05, 0) is 31.0 Å². The first-order valence-corrected chi connectivity index (χ1v) is 9.60. The molecule has 0 aromatic heterocycles. The fourth-order valence-corrected chi connectivity index (χ4v) is 3.05. The Hall–Kier alpha value is -1.21. The van der Waals surface area contributed by atoms with E-state index in [0.717, 1.165) is 39.1 Å². The first-order chi connectivity index (χ1) is 12.5. The minimum Gasteiger partial charge on any atom is -0.493 e. The molecule has 1 fully saturated rings. The molecule has 1 heterocycles. The lowest BCUT2D eigenvalue weighted by molar-refractivity contribution is 0.0951. The summed E-state index contributed by atoms with van der Waals surface area (Å²) in [5.41, 5.74) is 0.478. The van der Waals surface area contributed by atoms with Crippen LogP contribution in [0.1, 0.15) is 30.6 Å². The molecule has 2 rings (SSSR count). The lowest BCUT2D eigenvalue weighted by Crippen LogP contribution is -2.44. The molecule has 0 aliphatic carbocycles. The number of piperazine rings is 1. The van der Waals surface area contributed by atoms with E-state index in [0.29, 0.717) is 41.2 Å². The van der Waals surface area contributed by atoms with Crippen molar-refractivity contribution in [2.45, 2.75) is 20.3 Å². The Morgan fingerprint density at radius 3 is 2.67 bits per heavy atom. The number of carbonyl (C=O) groups is 1. The molecule has 0 spiro atoms. The lowest BCUT2D eigenvalue weighted by Gasteiger charge is -2.27. The highest BCUT2D eigenvalue weighted by Crippen LogP contribution is 2.36. The van der Waals surface area contributed by atoms with Gasteiger partial charge in [0.05, 0.1) is 18.7 Å². The third-order valence-electron chi connectivity index (χ3n) is 4.20. The molecule has 27 heavy (non-hydrogen) atoms. The minimum atomic E-state index is -0.152. The van der Waals surface area contributed by atoms with Crippen molar-refractivity contribution < 1.29 is 14.3 Å². The standard InChI is InChI=1S/C19H30ClN3O3.ClH/c1-14(2)13-26-18-16(20)11-15(12-17(18)25-3)19(24)22-5-4-8-23-9-6-21-7-10-23;/h11-12,14,21H,4-10,13H2,1-3H3,(H,22,24);1H. The van der Waals surface area contributed by atoms with E-state index in [1.54, 1.807) is 19.2 Å². The number of carbonyl (C=O) groups excluding carboxylic acids is 1. The van der Waals surface area contributed by atoms with Crippen LogP contribution < -0.4 is 20.1 Å². The Bertz CT molecular complexity index is 594. The van der Waals surface area contributed by atoms with Crippen LogP contribution in [0.15, 0.2) is 12.1 Å². The average Bonchev–Trinajstić information content (AvgIpc) is 2.64. The van der Waals surface area contributed by atoms with E-state index in [-0.39, 0.29) is 18.3 Å². The predicted octanol–water partition coefficient (Wildman–Crippen LogP) is 2.83. The molecule has 1 saturated heterocycles. The molecule has 1 aliphatic heterocycles. The molecule has 154 valence electrons. The van der Waals surface area contributed by atoms with Gasteiger partial charge in [-0.2, -0.15) is 0 Å². The summed E-state index contributed by atoms with van der Waals surface area (Å²) in [5, 5.41) is 6.67. The van der Waals surface area contributed by atoms with E-state index in [1.165, 1.54) is 0 Å². The van der Waals surface area contributed by atoms with E-state index in [2.05, 4.69) is 29.4 Å². The number of amides is 1. The SMILES string of the molecule is COc1cc(C(=O)NCCCN2CCNCC2)cc(Cl)c1OCC(C)C.Cl. The van der Waals surface area contributed by atoms with Crippen molar-refractivity contribution in [1.82, 2.24) is 15.5 Å². The molecular weight excluding hydrogens is 389 g/mol. The zero-order chi connectivity index (χ0) is 18.9. The first kappa shape index (κ1) is 23.8. The van der Waals surface area contributed by atoms with Crippen LogP contribution in [-0.2, 0) is 0 Å². The van der Waals surface area contributed by atoms with Crippen molar-refractivity contribution >= 4 is 29.9 Å². The van der Waals surface area contributed by atoms with Gasteiger partial charge in [-0.3, -0.25) is 4.79 Å². The third-order valence-corrected chi connectivity index (χ3v) is 4.48. The van der Waals surface area contributed by atoms with Crippen LogP contribution in [0.5, 0.6) is 11.5 Å². The van der Waals surface area contributed by atoms with Gasteiger partial charge in [0.25, 0.3) is 5.91 Å². The third kappa shape index (κ3) is 7.74. The van der Waals surface area contributed by atoms with Crippen LogP contribution in [-0.4, -0.2) is 63.8 Å². The van der Waals surface area contributed by atoms with Crippen molar-refractivity contribution in [3.63, 3.8) is 0 Å². The van der Waals surface area contributed by atoms with Gasteiger partial charge < -0.3 is 25.0 Å². The number of hydrogen-bond acceptors (Lipinski definition) is 5. The zero-order valence-electron chi connectivity index (χ0n) is 16.3. The Kier molecular flexibility index (Phi) is 10.8. The molecule has 1 amide bonds. The fourth-order valence-electron chi connectivity index (χ4n) is 2.78. The summed E-state index contributed by atoms with van der Waals surface area (Å²) in [6, 6.07) is 3.30. The smallest absolute Gasteiger partial charge is 0.251 e. The monoisotopic (exact) mass is 419 g/mol. The van der Waals surface area contributed by atoms with Crippen LogP contribution in [0.3, 0.4) is 0 Å². The second-order valence-corrected chi connectivity index (χ2v) is 7.30. The number of nitrogens with zero attached hydrogens (tertiary/aromatic N) is 1. The fraction of sp³-hybridized carbons (Fsp3) is 0.632. The van der Waals surface area contributed by atoms with Gasteiger partial charge >= 0.3 is 0 Å². The number of benzene rings is 1. The topological polar surface area (TPSA) is 62.8 Å². The predicted molar refractivity (Wildman–Crippen MR) is 112 cm³/mol. The molecule has 0 bridgehead atoms. The highest BCUT2D eigenvalue weighted by atomic mass is 35.5. The van der Waals surface area contributed by atoms with Crippen molar-refractivity contribution in [2.75, 3.05) is 53.0 Å². The molecule has 2 N–H and O–H groups in total. The van der Waals surface area contributed by atoms with Gasteiger partial charge in [0.2, 0.25) is 0 Å². The quantitative estimate of drug-likeness (QED) is 0.602. The molecule has 0 unspecified atom stereocenters. The summed E-state index contributed by atoms with van der Waals surface area (Å²) in [7, 11) is 1.54. The van der Waals surface area contributed by atoms with E-state index < -0.39 is 0 Å². The highest BCUT2D eigenvalue weighted by Gasteiger charge is 2.16.